The average Bonchev–Trinajstić information content (AvgIpc) is 3.14. The molecule has 0 radical (unpaired) electrons. The maximum absolute atomic E-state index is 9.35. The zero-order valence-electron chi connectivity index (χ0n) is 19.1. The number of ether oxygens (including phenoxy) is 2. The highest BCUT2D eigenvalue weighted by molar-refractivity contribution is 5.80. The summed E-state index contributed by atoms with van der Waals surface area (Å²) in [6, 6.07) is 8.94. The maximum Gasteiger partial charge on any atom is 0.299 e. The number of aryl methyl sites for hydroxylation is 3. The number of allylic oxidation sites excluding steroid dienone is 1. The smallest absolute Gasteiger partial charge is 0.299 e. The first-order valence-electron chi connectivity index (χ1n) is 11.4. The summed E-state index contributed by atoms with van der Waals surface area (Å²) < 4.78 is 14.2. The second kappa shape index (κ2) is 7.19. The molecule has 170 valence electrons. The Balaban J connectivity index is 1.41. The first kappa shape index (κ1) is 20.5. The van der Waals surface area contributed by atoms with Crippen molar-refractivity contribution in [1.82, 2.24) is 19.5 Å². The molecule has 3 aromatic rings. The molecule has 3 fully saturated rings. The summed E-state index contributed by atoms with van der Waals surface area (Å²) in [5.74, 6) is 1.58. The number of imidazole rings is 1. The molecule has 0 amide bonds. The first-order chi connectivity index (χ1) is 16.4. The van der Waals surface area contributed by atoms with Crippen molar-refractivity contribution in [3.8, 4) is 29.8 Å². The van der Waals surface area contributed by atoms with Crippen LogP contribution in [0.5, 0.6) is 17.6 Å². The highest BCUT2D eigenvalue weighted by Gasteiger charge is 2.69. The lowest BCUT2D eigenvalue weighted by Crippen LogP contribution is -2.70. The second-order valence-corrected chi connectivity index (χ2v) is 9.65. The van der Waals surface area contributed by atoms with Gasteiger partial charge in [0.05, 0.1) is 24.2 Å². The Hall–Kier alpha value is -4.11. The molecule has 1 N–H and O–H groups in total. The van der Waals surface area contributed by atoms with Gasteiger partial charge in [0.1, 0.15) is 5.75 Å². The normalized spacial score (nSPS) is 24.4. The number of nitrogens with one attached hydrogen (secondary N) is 1. The summed E-state index contributed by atoms with van der Waals surface area (Å²) in [6.45, 7) is 5.32. The van der Waals surface area contributed by atoms with Crippen molar-refractivity contribution in [2.45, 2.75) is 51.6 Å². The Morgan fingerprint density at radius 2 is 1.91 bits per heavy atom. The van der Waals surface area contributed by atoms with Gasteiger partial charge in [0.25, 0.3) is 11.9 Å². The topological polar surface area (TPSA) is 122 Å². The number of nitriles is 2. The molecular formula is C25H23N7O2. The van der Waals surface area contributed by atoms with Crippen LogP contribution in [-0.2, 0) is 6.54 Å². The van der Waals surface area contributed by atoms with Crippen LogP contribution in [0, 0.1) is 41.9 Å². The van der Waals surface area contributed by atoms with Crippen molar-refractivity contribution in [3.05, 3.63) is 34.9 Å². The van der Waals surface area contributed by atoms with Crippen LogP contribution in [0.25, 0.3) is 17.2 Å². The number of rotatable bonds is 5. The lowest BCUT2D eigenvalue weighted by atomic mass is 9.40. The Morgan fingerprint density at radius 3 is 2.62 bits per heavy atom. The van der Waals surface area contributed by atoms with Gasteiger partial charge in [-0.05, 0) is 74.4 Å². The van der Waals surface area contributed by atoms with Gasteiger partial charge >= 0.3 is 0 Å². The van der Waals surface area contributed by atoms with E-state index in [9.17, 15) is 5.26 Å². The molecule has 0 atom stereocenters. The number of aromatic nitrogens is 4. The number of nitrogens with zero attached hydrogens (tertiary/aromatic N) is 6. The molecule has 34 heavy (non-hydrogen) atoms. The van der Waals surface area contributed by atoms with E-state index >= 15 is 0 Å². The molecule has 4 aliphatic rings. The van der Waals surface area contributed by atoms with Gasteiger partial charge in [0.15, 0.2) is 11.2 Å². The van der Waals surface area contributed by atoms with E-state index in [-0.39, 0.29) is 11.0 Å². The van der Waals surface area contributed by atoms with Gasteiger partial charge in [-0.3, -0.25) is 4.57 Å². The third-order valence-corrected chi connectivity index (χ3v) is 6.97. The third kappa shape index (κ3) is 3.08. The van der Waals surface area contributed by atoms with Crippen molar-refractivity contribution in [3.63, 3.8) is 0 Å². The minimum Gasteiger partial charge on any atom is -0.465 e. The van der Waals surface area contributed by atoms with E-state index in [0.29, 0.717) is 41.4 Å². The van der Waals surface area contributed by atoms with E-state index in [1.54, 1.807) is 6.08 Å². The molecule has 0 spiro atoms. The summed E-state index contributed by atoms with van der Waals surface area (Å²) >= 11 is 0. The highest BCUT2D eigenvalue weighted by atomic mass is 16.5. The Bertz CT molecular complexity index is 1410. The van der Waals surface area contributed by atoms with E-state index < -0.39 is 0 Å². The summed E-state index contributed by atoms with van der Waals surface area (Å²) in [6.07, 6.45) is 6.54. The van der Waals surface area contributed by atoms with Crippen molar-refractivity contribution in [1.29, 1.82) is 10.5 Å². The number of fused-ring (bicyclic) bond motifs is 3. The molecule has 2 aromatic heterocycles. The van der Waals surface area contributed by atoms with Crippen molar-refractivity contribution in [2.24, 2.45) is 5.41 Å². The number of hydrogen-bond donors (Lipinski definition) is 1. The monoisotopic (exact) mass is 453 g/mol. The van der Waals surface area contributed by atoms with Gasteiger partial charge in [-0.1, -0.05) is 0 Å². The fourth-order valence-electron chi connectivity index (χ4n) is 5.56. The van der Waals surface area contributed by atoms with Crippen LogP contribution in [0.2, 0.25) is 0 Å². The van der Waals surface area contributed by atoms with Crippen LogP contribution in [0.4, 0.5) is 5.95 Å². The second-order valence-electron chi connectivity index (χ2n) is 9.65. The predicted octanol–water partition coefficient (Wildman–Crippen LogP) is 4.41. The molecule has 0 saturated heterocycles. The Kier molecular flexibility index (Phi) is 4.34. The quantitative estimate of drug-likeness (QED) is 0.564. The van der Waals surface area contributed by atoms with Gasteiger partial charge in [-0.2, -0.15) is 25.5 Å². The Morgan fingerprint density at radius 1 is 1.15 bits per heavy atom. The summed E-state index contributed by atoms with van der Waals surface area (Å²) in [5.41, 5.74) is 3.75. The standard InChI is InChI=1S/C25H23N7O2/c1-15-9-17(5-3-6-26)10-16(2)19(15)34-21-18-20(29-23-32(18)7-4-8-33-23)28-22(30-21)31-25-11-24(12-25,13-25)14-27/h3,5,9-10H,4,7-8,11-13H2,1-2H3,(H,28,30,31)/b5-3+. The molecule has 1 aliphatic heterocycles. The minimum absolute atomic E-state index is 0.114. The largest absolute Gasteiger partial charge is 0.465 e. The number of hydrogen-bond acceptors (Lipinski definition) is 8. The third-order valence-electron chi connectivity index (χ3n) is 6.97. The molecule has 9 nitrogen and oxygen atoms in total. The fourth-order valence-corrected chi connectivity index (χ4v) is 5.56. The summed E-state index contributed by atoms with van der Waals surface area (Å²) in [4.78, 5) is 14.1. The molecule has 9 heteroatoms. The first-order valence-corrected chi connectivity index (χ1v) is 11.4. The summed E-state index contributed by atoms with van der Waals surface area (Å²) in [7, 11) is 0. The molecule has 3 heterocycles. The van der Waals surface area contributed by atoms with E-state index in [1.165, 1.54) is 6.08 Å². The fraction of sp³-hybridized carbons (Fsp3) is 0.400. The lowest BCUT2D eigenvalue weighted by molar-refractivity contribution is -0.0665. The average molecular weight is 454 g/mol. The lowest BCUT2D eigenvalue weighted by Gasteiger charge is -2.66. The van der Waals surface area contributed by atoms with E-state index in [2.05, 4.69) is 21.4 Å². The zero-order chi connectivity index (χ0) is 23.5. The van der Waals surface area contributed by atoms with Gasteiger partial charge in [0.2, 0.25) is 5.95 Å². The van der Waals surface area contributed by atoms with Crippen LogP contribution in [-0.4, -0.2) is 31.7 Å². The Labute approximate surface area is 196 Å². The SMILES string of the molecule is Cc1cc(/C=C/C#N)cc(C)c1Oc1nc(NC23CC(C#N)(C2)C3)nc2nc3n(c12)CCCO3. The summed E-state index contributed by atoms with van der Waals surface area (Å²) in [5, 5.41) is 21.6. The van der Waals surface area contributed by atoms with Gasteiger partial charge in [-0.25, -0.2) is 0 Å². The molecular weight excluding hydrogens is 430 g/mol. The van der Waals surface area contributed by atoms with Crippen LogP contribution >= 0.6 is 0 Å². The van der Waals surface area contributed by atoms with Gasteiger partial charge in [0, 0.05) is 18.2 Å². The molecule has 7 rings (SSSR count). The molecule has 3 saturated carbocycles. The maximum atomic E-state index is 9.35. The zero-order valence-corrected chi connectivity index (χ0v) is 19.1. The van der Waals surface area contributed by atoms with Crippen molar-refractivity contribution in [2.75, 3.05) is 11.9 Å². The van der Waals surface area contributed by atoms with Gasteiger partial charge in [-0.15, -0.1) is 0 Å². The van der Waals surface area contributed by atoms with Crippen LogP contribution in [0.1, 0.15) is 42.4 Å². The van der Waals surface area contributed by atoms with Crippen molar-refractivity contribution < 1.29 is 9.47 Å². The van der Waals surface area contributed by atoms with E-state index in [1.807, 2.05) is 36.6 Å². The number of benzene rings is 1. The number of anilines is 1. The molecule has 1 aromatic carbocycles. The molecule has 0 unspecified atom stereocenters. The molecule has 3 aliphatic carbocycles. The van der Waals surface area contributed by atoms with E-state index in [4.69, 9.17) is 19.7 Å². The van der Waals surface area contributed by atoms with Crippen LogP contribution in [0.15, 0.2) is 18.2 Å². The minimum atomic E-state index is -0.173. The van der Waals surface area contributed by atoms with Crippen LogP contribution < -0.4 is 14.8 Å². The molecule has 2 bridgehead atoms. The highest BCUT2D eigenvalue weighted by Crippen LogP contribution is 2.67. The van der Waals surface area contributed by atoms with E-state index in [0.717, 1.165) is 48.9 Å². The van der Waals surface area contributed by atoms with Gasteiger partial charge < -0.3 is 14.8 Å². The predicted molar refractivity (Wildman–Crippen MR) is 124 cm³/mol. The van der Waals surface area contributed by atoms with Crippen molar-refractivity contribution >= 4 is 23.2 Å². The van der Waals surface area contributed by atoms with Crippen LogP contribution in [0.3, 0.4) is 0 Å².